The topological polar surface area (TPSA) is 101 Å². The molecule has 7 heteroatoms. The van der Waals surface area contributed by atoms with E-state index >= 15 is 0 Å². The van der Waals surface area contributed by atoms with E-state index in [2.05, 4.69) is 5.32 Å². The van der Waals surface area contributed by atoms with Crippen LogP contribution in [-0.2, 0) is 25.8 Å². The number of amides is 1. The largest absolute Gasteiger partial charge is 0.481 e. The molecule has 0 aliphatic heterocycles. The molecule has 128 valence electrons. The van der Waals surface area contributed by atoms with Crippen LogP contribution in [0.1, 0.15) is 39.2 Å². The fourth-order valence-corrected chi connectivity index (χ4v) is 2.95. The smallest absolute Gasteiger partial charge is 0.303 e. The Morgan fingerprint density at radius 1 is 1.17 bits per heavy atom. The number of carbonyl (C=O) groups excluding carboxylic acids is 1. The molecule has 0 saturated heterocycles. The standard InChI is InChI=1S/C16H23NO5S/c1-4-23(21,22)13-7-5-12(6-8-13)11-14(18)17-16(2,3)10-9-15(19)20/h5-8H,4,9-11H2,1-3H3,(H,17,18)(H,19,20). The third-order valence-electron chi connectivity index (χ3n) is 3.47. The second-order valence-electron chi connectivity index (χ2n) is 6.05. The van der Waals surface area contributed by atoms with Crippen molar-refractivity contribution in [3.63, 3.8) is 0 Å². The number of nitrogens with one attached hydrogen (secondary N) is 1. The quantitative estimate of drug-likeness (QED) is 0.751. The molecule has 0 fully saturated rings. The molecule has 0 atom stereocenters. The molecule has 0 unspecified atom stereocenters. The van der Waals surface area contributed by atoms with Crippen molar-refractivity contribution in [1.82, 2.24) is 5.32 Å². The molecule has 0 bridgehead atoms. The Bertz CT molecular complexity index is 662. The van der Waals surface area contributed by atoms with Crippen molar-refractivity contribution >= 4 is 21.7 Å². The molecule has 1 rings (SSSR count). The van der Waals surface area contributed by atoms with Crippen molar-refractivity contribution < 1.29 is 23.1 Å². The lowest BCUT2D eigenvalue weighted by Gasteiger charge is -2.25. The van der Waals surface area contributed by atoms with Crippen molar-refractivity contribution in [1.29, 1.82) is 0 Å². The van der Waals surface area contributed by atoms with Gasteiger partial charge in [-0.2, -0.15) is 0 Å². The molecule has 0 radical (unpaired) electrons. The van der Waals surface area contributed by atoms with E-state index in [0.29, 0.717) is 12.0 Å². The summed E-state index contributed by atoms with van der Waals surface area (Å²) in [5.41, 5.74) is 0.0904. The van der Waals surface area contributed by atoms with Crippen LogP contribution in [0.2, 0.25) is 0 Å². The van der Waals surface area contributed by atoms with Crippen molar-refractivity contribution in [2.75, 3.05) is 5.75 Å². The van der Waals surface area contributed by atoms with E-state index in [4.69, 9.17) is 5.11 Å². The van der Waals surface area contributed by atoms with Gasteiger partial charge in [-0.05, 0) is 38.0 Å². The number of benzene rings is 1. The number of aliphatic carboxylic acids is 1. The van der Waals surface area contributed by atoms with Gasteiger partial charge in [-0.1, -0.05) is 19.1 Å². The Kier molecular flexibility index (Phi) is 6.32. The molecule has 1 aromatic rings. The Morgan fingerprint density at radius 2 is 1.74 bits per heavy atom. The van der Waals surface area contributed by atoms with E-state index in [1.54, 1.807) is 32.9 Å². The maximum Gasteiger partial charge on any atom is 0.303 e. The number of carboxylic acids is 1. The van der Waals surface area contributed by atoms with Crippen molar-refractivity contribution in [3.05, 3.63) is 29.8 Å². The molecular weight excluding hydrogens is 318 g/mol. The number of carbonyl (C=O) groups is 2. The SMILES string of the molecule is CCS(=O)(=O)c1ccc(CC(=O)NC(C)(C)CCC(=O)O)cc1. The summed E-state index contributed by atoms with van der Waals surface area (Å²) in [5.74, 6) is -1.10. The lowest BCUT2D eigenvalue weighted by Crippen LogP contribution is -2.44. The normalized spacial score (nSPS) is 12.0. The molecule has 0 aliphatic carbocycles. The molecule has 1 aromatic carbocycles. The predicted octanol–water partition coefficient (Wildman–Crippen LogP) is 1.78. The van der Waals surface area contributed by atoms with Crippen LogP contribution in [0, 0.1) is 0 Å². The molecule has 1 amide bonds. The minimum absolute atomic E-state index is 0.0170. The molecule has 23 heavy (non-hydrogen) atoms. The van der Waals surface area contributed by atoms with Gasteiger partial charge in [0.15, 0.2) is 9.84 Å². The lowest BCUT2D eigenvalue weighted by molar-refractivity contribution is -0.137. The third kappa shape index (κ3) is 6.40. The van der Waals surface area contributed by atoms with Gasteiger partial charge in [0.25, 0.3) is 0 Å². The van der Waals surface area contributed by atoms with Gasteiger partial charge in [-0.25, -0.2) is 8.42 Å². The highest BCUT2D eigenvalue weighted by Gasteiger charge is 2.21. The summed E-state index contributed by atoms with van der Waals surface area (Å²) in [4.78, 5) is 22.9. The summed E-state index contributed by atoms with van der Waals surface area (Å²) in [6.07, 6.45) is 0.432. The van der Waals surface area contributed by atoms with E-state index in [0.717, 1.165) is 0 Å². The van der Waals surface area contributed by atoms with E-state index in [9.17, 15) is 18.0 Å². The fraction of sp³-hybridized carbons (Fsp3) is 0.500. The monoisotopic (exact) mass is 341 g/mol. The first-order valence-corrected chi connectivity index (χ1v) is 9.05. The predicted molar refractivity (Wildman–Crippen MR) is 87.0 cm³/mol. The summed E-state index contributed by atoms with van der Waals surface area (Å²) in [5, 5.41) is 11.5. The second kappa shape index (κ2) is 7.59. The van der Waals surface area contributed by atoms with Crippen molar-refractivity contribution in [2.24, 2.45) is 0 Å². The zero-order chi connectivity index (χ0) is 17.7. The van der Waals surface area contributed by atoms with Crippen LogP contribution in [0.5, 0.6) is 0 Å². The molecular formula is C16H23NO5S. The Hall–Kier alpha value is -1.89. The Labute approximate surface area is 136 Å². The van der Waals surface area contributed by atoms with E-state index in [-0.39, 0.29) is 29.4 Å². The summed E-state index contributed by atoms with van der Waals surface area (Å²) in [7, 11) is -3.24. The van der Waals surface area contributed by atoms with Crippen molar-refractivity contribution in [3.8, 4) is 0 Å². The van der Waals surface area contributed by atoms with Gasteiger partial charge in [0.2, 0.25) is 5.91 Å². The highest BCUT2D eigenvalue weighted by Crippen LogP contribution is 2.14. The molecule has 2 N–H and O–H groups in total. The van der Waals surface area contributed by atoms with Crippen LogP contribution >= 0.6 is 0 Å². The van der Waals surface area contributed by atoms with Crippen LogP contribution in [0.3, 0.4) is 0 Å². The Morgan fingerprint density at radius 3 is 2.22 bits per heavy atom. The maximum absolute atomic E-state index is 12.0. The Balaban J connectivity index is 2.66. The molecule has 0 aliphatic rings. The van der Waals surface area contributed by atoms with Gasteiger partial charge in [-0.3, -0.25) is 9.59 Å². The fourth-order valence-electron chi connectivity index (χ4n) is 2.07. The summed E-state index contributed by atoms with van der Waals surface area (Å²) in [6.45, 7) is 5.12. The van der Waals surface area contributed by atoms with Crippen LogP contribution in [0.25, 0.3) is 0 Å². The van der Waals surface area contributed by atoms with Gasteiger partial charge in [0.1, 0.15) is 0 Å². The van der Waals surface area contributed by atoms with Crippen LogP contribution in [0.15, 0.2) is 29.2 Å². The van der Waals surface area contributed by atoms with Gasteiger partial charge >= 0.3 is 5.97 Å². The number of hydrogen-bond donors (Lipinski definition) is 2. The highest BCUT2D eigenvalue weighted by molar-refractivity contribution is 7.91. The van der Waals surface area contributed by atoms with Gasteiger partial charge in [0, 0.05) is 12.0 Å². The minimum atomic E-state index is -3.24. The first-order valence-electron chi connectivity index (χ1n) is 7.40. The zero-order valence-corrected chi connectivity index (χ0v) is 14.4. The van der Waals surface area contributed by atoms with Crippen molar-refractivity contribution in [2.45, 2.75) is 50.5 Å². The molecule has 0 aromatic heterocycles. The number of carboxylic acid groups (broad SMARTS) is 1. The molecule has 0 spiro atoms. The van der Waals surface area contributed by atoms with Gasteiger partial charge < -0.3 is 10.4 Å². The van der Waals surface area contributed by atoms with Gasteiger partial charge in [0.05, 0.1) is 17.1 Å². The van der Waals surface area contributed by atoms with E-state index in [1.165, 1.54) is 12.1 Å². The average Bonchev–Trinajstić information content (AvgIpc) is 2.45. The highest BCUT2D eigenvalue weighted by atomic mass is 32.2. The lowest BCUT2D eigenvalue weighted by atomic mass is 9.98. The third-order valence-corrected chi connectivity index (χ3v) is 5.22. The average molecular weight is 341 g/mol. The van der Waals surface area contributed by atoms with Crippen LogP contribution in [0.4, 0.5) is 0 Å². The summed E-state index contributed by atoms with van der Waals surface area (Å²) >= 11 is 0. The van der Waals surface area contributed by atoms with E-state index in [1.807, 2.05) is 0 Å². The first-order chi connectivity index (χ1) is 10.6. The van der Waals surface area contributed by atoms with Crippen LogP contribution < -0.4 is 5.32 Å². The number of rotatable bonds is 8. The van der Waals surface area contributed by atoms with E-state index < -0.39 is 21.3 Å². The van der Waals surface area contributed by atoms with Crippen LogP contribution in [-0.4, -0.2) is 36.7 Å². The van der Waals surface area contributed by atoms with Gasteiger partial charge in [-0.15, -0.1) is 0 Å². The summed E-state index contributed by atoms with van der Waals surface area (Å²) in [6, 6.07) is 6.23. The minimum Gasteiger partial charge on any atom is -0.481 e. The summed E-state index contributed by atoms with van der Waals surface area (Å²) < 4.78 is 23.4. The maximum atomic E-state index is 12.0. The number of sulfone groups is 1. The molecule has 6 nitrogen and oxygen atoms in total. The first kappa shape index (κ1) is 19.2. The molecule has 0 saturated carbocycles. The number of hydrogen-bond acceptors (Lipinski definition) is 4. The second-order valence-corrected chi connectivity index (χ2v) is 8.33. The molecule has 0 heterocycles. The zero-order valence-electron chi connectivity index (χ0n) is 13.6.